The molecule has 1 aromatic carbocycles. The summed E-state index contributed by atoms with van der Waals surface area (Å²) in [6.07, 6.45) is 2.02. The van der Waals surface area contributed by atoms with Crippen LogP contribution in [0.2, 0.25) is 5.02 Å². The van der Waals surface area contributed by atoms with Crippen molar-refractivity contribution in [1.29, 1.82) is 0 Å². The van der Waals surface area contributed by atoms with Crippen molar-refractivity contribution in [2.24, 2.45) is 0 Å². The van der Waals surface area contributed by atoms with Crippen molar-refractivity contribution in [3.05, 3.63) is 45.0 Å². The van der Waals surface area contributed by atoms with Crippen molar-refractivity contribution in [2.75, 3.05) is 0 Å². The van der Waals surface area contributed by atoms with Crippen LogP contribution in [-0.4, -0.2) is 9.38 Å². The fourth-order valence-corrected chi connectivity index (χ4v) is 3.34. The first kappa shape index (κ1) is 11.3. The number of hydrogen-bond acceptors (Lipinski definition) is 2. The van der Waals surface area contributed by atoms with Crippen LogP contribution >= 0.6 is 38.9 Å². The Bertz CT molecular complexity index is 702. The van der Waals surface area contributed by atoms with Crippen LogP contribution in [0.4, 0.5) is 0 Å². The molecule has 0 aliphatic carbocycles. The Balaban J connectivity index is 2.20. The molecule has 3 aromatic rings. The van der Waals surface area contributed by atoms with Crippen molar-refractivity contribution in [2.45, 2.75) is 6.92 Å². The van der Waals surface area contributed by atoms with Gasteiger partial charge in [0.2, 0.25) is 0 Å². The highest BCUT2D eigenvalue weighted by molar-refractivity contribution is 9.10. The molecule has 86 valence electrons. The first-order valence-electron chi connectivity index (χ1n) is 5.04. The van der Waals surface area contributed by atoms with Gasteiger partial charge < -0.3 is 0 Å². The summed E-state index contributed by atoms with van der Waals surface area (Å²) in [5, 5.41) is 2.80. The topological polar surface area (TPSA) is 17.3 Å². The van der Waals surface area contributed by atoms with E-state index in [-0.39, 0.29) is 0 Å². The van der Waals surface area contributed by atoms with Crippen LogP contribution in [0.1, 0.15) is 5.69 Å². The SMILES string of the molecule is Cc1csc2nc(-c3ccc(Br)cc3Cl)cn12. The molecule has 3 rings (SSSR count). The molecule has 0 saturated heterocycles. The Morgan fingerprint density at radius 3 is 2.94 bits per heavy atom. The van der Waals surface area contributed by atoms with Crippen molar-refractivity contribution in [3.63, 3.8) is 0 Å². The second-order valence-corrected chi connectivity index (χ2v) is 5.94. The number of thiazole rings is 1. The molecule has 0 fully saturated rings. The number of aromatic nitrogens is 2. The van der Waals surface area contributed by atoms with Gasteiger partial charge in [-0.3, -0.25) is 4.40 Å². The molecule has 5 heteroatoms. The van der Waals surface area contributed by atoms with Crippen LogP contribution in [0.3, 0.4) is 0 Å². The Labute approximate surface area is 116 Å². The van der Waals surface area contributed by atoms with Gasteiger partial charge in [0.25, 0.3) is 0 Å². The van der Waals surface area contributed by atoms with Gasteiger partial charge in [0.1, 0.15) is 0 Å². The zero-order valence-electron chi connectivity index (χ0n) is 8.95. The van der Waals surface area contributed by atoms with Gasteiger partial charge in [-0.25, -0.2) is 4.98 Å². The first-order valence-corrected chi connectivity index (χ1v) is 7.09. The van der Waals surface area contributed by atoms with Gasteiger partial charge in [-0.2, -0.15) is 0 Å². The lowest BCUT2D eigenvalue weighted by Crippen LogP contribution is -1.80. The molecule has 0 radical (unpaired) electrons. The third-order valence-corrected chi connectivity index (χ3v) is 4.36. The molecular weight excluding hydrogens is 320 g/mol. The van der Waals surface area contributed by atoms with E-state index >= 15 is 0 Å². The largest absolute Gasteiger partial charge is 0.294 e. The molecule has 0 spiro atoms. The minimum absolute atomic E-state index is 0.711. The van der Waals surface area contributed by atoms with Crippen molar-refractivity contribution in [3.8, 4) is 11.3 Å². The Morgan fingerprint density at radius 1 is 1.41 bits per heavy atom. The molecule has 0 amide bonds. The summed E-state index contributed by atoms with van der Waals surface area (Å²) >= 11 is 11.3. The molecule has 0 atom stereocenters. The average molecular weight is 328 g/mol. The highest BCUT2D eigenvalue weighted by Gasteiger charge is 2.10. The number of fused-ring (bicyclic) bond motifs is 1. The molecule has 0 aliphatic rings. The molecule has 0 bridgehead atoms. The zero-order valence-corrected chi connectivity index (χ0v) is 12.1. The van der Waals surface area contributed by atoms with E-state index in [1.807, 2.05) is 24.4 Å². The fourth-order valence-electron chi connectivity index (χ4n) is 1.72. The summed E-state index contributed by atoms with van der Waals surface area (Å²) in [6, 6.07) is 5.84. The van der Waals surface area contributed by atoms with Gasteiger partial charge in [-0.15, -0.1) is 11.3 Å². The normalized spacial score (nSPS) is 11.2. The maximum atomic E-state index is 6.22. The minimum atomic E-state index is 0.711. The van der Waals surface area contributed by atoms with E-state index < -0.39 is 0 Å². The fraction of sp³-hybridized carbons (Fsp3) is 0.0833. The van der Waals surface area contributed by atoms with Crippen molar-refractivity contribution < 1.29 is 0 Å². The second-order valence-electron chi connectivity index (χ2n) is 3.78. The minimum Gasteiger partial charge on any atom is -0.294 e. The van der Waals surface area contributed by atoms with Gasteiger partial charge >= 0.3 is 0 Å². The Hall–Kier alpha value is -0.840. The number of hydrogen-bond donors (Lipinski definition) is 0. The van der Waals surface area contributed by atoms with Gasteiger partial charge in [0.15, 0.2) is 4.96 Å². The number of imidazole rings is 1. The summed E-state index contributed by atoms with van der Waals surface area (Å²) in [5.41, 5.74) is 3.07. The molecule has 17 heavy (non-hydrogen) atoms. The van der Waals surface area contributed by atoms with Crippen molar-refractivity contribution >= 4 is 43.8 Å². The molecule has 0 saturated carbocycles. The summed E-state index contributed by atoms with van der Waals surface area (Å²) in [7, 11) is 0. The lowest BCUT2D eigenvalue weighted by molar-refractivity contribution is 1.13. The van der Waals surface area contributed by atoms with Gasteiger partial charge in [-0.05, 0) is 19.1 Å². The summed E-state index contributed by atoms with van der Waals surface area (Å²) < 4.78 is 3.06. The maximum Gasteiger partial charge on any atom is 0.194 e. The predicted octanol–water partition coefficient (Wildman–Crippen LogP) is 4.79. The Morgan fingerprint density at radius 2 is 2.24 bits per heavy atom. The van der Waals surface area contributed by atoms with E-state index in [0.717, 1.165) is 20.7 Å². The molecule has 2 heterocycles. The van der Waals surface area contributed by atoms with Crippen LogP contribution < -0.4 is 0 Å². The second kappa shape index (κ2) is 4.12. The highest BCUT2D eigenvalue weighted by Crippen LogP contribution is 2.31. The lowest BCUT2D eigenvalue weighted by atomic mass is 10.2. The number of halogens is 2. The molecule has 2 nitrogen and oxygen atoms in total. The van der Waals surface area contributed by atoms with E-state index in [1.165, 1.54) is 5.69 Å². The molecular formula is C12H8BrClN2S. The zero-order chi connectivity index (χ0) is 12.0. The van der Waals surface area contributed by atoms with Crippen LogP contribution in [-0.2, 0) is 0 Å². The molecule has 0 N–H and O–H groups in total. The van der Waals surface area contributed by atoms with Crippen LogP contribution in [0.25, 0.3) is 16.2 Å². The number of nitrogens with zero attached hydrogens (tertiary/aromatic N) is 2. The average Bonchev–Trinajstić information content (AvgIpc) is 2.81. The third kappa shape index (κ3) is 1.90. The summed E-state index contributed by atoms with van der Waals surface area (Å²) in [6.45, 7) is 2.07. The van der Waals surface area contributed by atoms with Crippen LogP contribution in [0, 0.1) is 6.92 Å². The van der Waals surface area contributed by atoms with E-state index in [0.29, 0.717) is 5.02 Å². The van der Waals surface area contributed by atoms with Crippen molar-refractivity contribution in [1.82, 2.24) is 9.38 Å². The maximum absolute atomic E-state index is 6.22. The summed E-state index contributed by atoms with van der Waals surface area (Å²) in [5.74, 6) is 0. The van der Waals surface area contributed by atoms with E-state index in [2.05, 4.69) is 37.6 Å². The smallest absolute Gasteiger partial charge is 0.194 e. The van der Waals surface area contributed by atoms with Crippen LogP contribution in [0.15, 0.2) is 34.2 Å². The summed E-state index contributed by atoms with van der Waals surface area (Å²) in [4.78, 5) is 5.57. The molecule has 2 aromatic heterocycles. The van der Waals surface area contributed by atoms with Gasteiger partial charge in [-0.1, -0.05) is 33.6 Å². The number of aryl methyl sites for hydroxylation is 1. The quantitative estimate of drug-likeness (QED) is 0.628. The monoisotopic (exact) mass is 326 g/mol. The predicted molar refractivity (Wildman–Crippen MR) is 76.0 cm³/mol. The Kier molecular flexibility index (Phi) is 2.73. The molecule has 0 aliphatic heterocycles. The number of rotatable bonds is 1. The first-order chi connectivity index (χ1) is 8.15. The highest BCUT2D eigenvalue weighted by atomic mass is 79.9. The van der Waals surface area contributed by atoms with E-state index in [4.69, 9.17) is 11.6 Å². The molecule has 0 unspecified atom stereocenters. The van der Waals surface area contributed by atoms with E-state index in [1.54, 1.807) is 11.3 Å². The van der Waals surface area contributed by atoms with E-state index in [9.17, 15) is 0 Å². The van der Waals surface area contributed by atoms with Gasteiger partial charge in [0, 0.05) is 27.3 Å². The third-order valence-electron chi connectivity index (χ3n) is 2.60. The standard InChI is InChI=1S/C12H8BrClN2S/c1-7-6-17-12-15-11(5-16(7)12)9-3-2-8(13)4-10(9)14/h2-6H,1H3. The van der Waals surface area contributed by atoms with Crippen LogP contribution in [0.5, 0.6) is 0 Å². The number of benzene rings is 1. The lowest BCUT2D eigenvalue weighted by Gasteiger charge is -2.00. The van der Waals surface area contributed by atoms with Gasteiger partial charge in [0.05, 0.1) is 10.7 Å².